The number of nitrogens with zero attached hydrogens (tertiary/aromatic N) is 7. The summed E-state index contributed by atoms with van der Waals surface area (Å²) in [6, 6.07) is 11.3. The highest BCUT2D eigenvalue weighted by Gasteiger charge is 1.99. The van der Waals surface area contributed by atoms with Crippen LogP contribution in [0.4, 0.5) is 0 Å². The van der Waals surface area contributed by atoms with Crippen molar-refractivity contribution in [3.05, 3.63) is 84.7 Å². The third-order valence-corrected chi connectivity index (χ3v) is 3.82. The predicted molar refractivity (Wildman–Crippen MR) is 115 cm³/mol. The van der Waals surface area contributed by atoms with Gasteiger partial charge in [-0.25, -0.2) is 25.2 Å². The van der Waals surface area contributed by atoms with Gasteiger partial charge in [-0.2, -0.15) is 10.2 Å². The maximum Gasteiger partial charge on any atom is 0.153 e. The normalized spacial score (nSPS) is 10.2. The van der Waals surface area contributed by atoms with Crippen molar-refractivity contribution in [1.82, 2.24) is 29.5 Å². The fourth-order valence-electron chi connectivity index (χ4n) is 2.42. The predicted octanol–water partition coefficient (Wildman–Crippen LogP) is 2.84. The van der Waals surface area contributed by atoms with Gasteiger partial charge in [0.1, 0.15) is 6.61 Å². The largest absolute Gasteiger partial charge is 0.391 e. The highest BCUT2D eigenvalue weighted by atomic mass is 16.6. The Labute approximate surface area is 179 Å². The van der Waals surface area contributed by atoms with Crippen molar-refractivity contribution in [3.8, 4) is 11.6 Å². The van der Waals surface area contributed by atoms with Gasteiger partial charge < -0.3 is 4.84 Å². The minimum atomic E-state index is 0.367. The van der Waals surface area contributed by atoms with Crippen LogP contribution < -0.4 is 5.90 Å². The molecule has 4 aromatic heterocycles. The van der Waals surface area contributed by atoms with Crippen molar-refractivity contribution in [3.63, 3.8) is 0 Å². The maximum absolute atomic E-state index is 5.14. The molecule has 0 aliphatic rings. The van der Waals surface area contributed by atoms with Crippen LogP contribution >= 0.6 is 0 Å². The lowest BCUT2D eigenvalue weighted by Crippen LogP contribution is -2.01. The zero-order chi connectivity index (χ0) is 21.9. The number of nitrogens with two attached hydrogens (primary N) is 1. The Morgan fingerprint density at radius 3 is 1.81 bits per heavy atom. The van der Waals surface area contributed by atoms with Crippen molar-refractivity contribution in [1.29, 1.82) is 0 Å². The summed E-state index contributed by atoms with van der Waals surface area (Å²) in [6.45, 7) is 4.57. The van der Waals surface area contributed by atoms with Gasteiger partial charge in [-0.05, 0) is 43.7 Å². The van der Waals surface area contributed by atoms with Gasteiger partial charge in [0.2, 0.25) is 0 Å². The molecule has 0 saturated heterocycles. The third-order valence-electron chi connectivity index (χ3n) is 3.82. The topological polar surface area (TPSA) is 118 Å². The Balaban J connectivity index is 0.000000179. The molecular weight excluding hydrogens is 396 g/mol. The standard InChI is InChI=1S/C12H14N4O.C9H10N4O/c1-10(2)15-17-9-11-4-5-12(13-8-11)16-7-3-6-14-16;10-14-7-8-2-3-9(11-6-8)13-5-1-4-12-13/h3-8H,9H2,1-2H3;1-6H,7,10H2. The zero-order valence-corrected chi connectivity index (χ0v) is 17.4. The second-order valence-corrected chi connectivity index (χ2v) is 6.57. The third kappa shape index (κ3) is 6.84. The molecule has 0 aliphatic carbocycles. The van der Waals surface area contributed by atoms with Crippen LogP contribution in [0.15, 0.2) is 78.7 Å². The molecule has 0 bridgehead atoms. The second kappa shape index (κ2) is 11.3. The molecule has 0 fully saturated rings. The average Bonchev–Trinajstić information content (AvgIpc) is 3.50. The van der Waals surface area contributed by atoms with E-state index in [2.05, 4.69) is 30.2 Å². The van der Waals surface area contributed by atoms with E-state index in [9.17, 15) is 0 Å². The lowest BCUT2D eigenvalue weighted by Gasteiger charge is -2.02. The number of hydrogen-bond acceptors (Lipinski definition) is 8. The van der Waals surface area contributed by atoms with Gasteiger partial charge in [-0.3, -0.25) is 4.84 Å². The van der Waals surface area contributed by atoms with E-state index in [1.807, 2.05) is 62.6 Å². The Morgan fingerprint density at radius 1 is 0.871 bits per heavy atom. The van der Waals surface area contributed by atoms with Crippen molar-refractivity contribution in [2.45, 2.75) is 27.1 Å². The Bertz CT molecular complexity index is 1040. The quantitative estimate of drug-likeness (QED) is 0.361. The summed E-state index contributed by atoms with van der Waals surface area (Å²) in [6.07, 6.45) is 10.6. The number of rotatable bonds is 7. The molecule has 0 radical (unpaired) electrons. The van der Waals surface area contributed by atoms with E-state index in [0.717, 1.165) is 28.5 Å². The first-order chi connectivity index (χ1) is 15.2. The molecule has 31 heavy (non-hydrogen) atoms. The average molecular weight is 420 g/mol. The van der Waals surface area contributed by atoms with Gasteiger partial charge in [0, 0.05) is 42.7 Å². The van der Waals surface area contributed by atoms with Crippen molar-refractivity contribution < 1.29 is 9.68 Å². The summed E-state index contributed by atoms with van der Waals surface area (Å²) in [5.74, 6) is 6.51. The van der Waals surface area contributed by atoms with E-state index < -0.39 is 0 Å². The molecule has 0 unspecified atom stereocenters. The Kier molecular flexibility index (Phi) is 7.97. The van der Waals surface area contributed by atoms with Crippen molar-refractivity contribution in [2.75, 3.05) is 0 Å². The molecule has 10 heteroatoms. The first-order valence-corrected chi connectivity index (χ1v) is 9.50. The van der Waals surface area contributed by atoms with Crippen molar-refractivity contribution in [2.24, 2.45) is 11.1 Å². The summed E-state index contributed by atoms with van der Waals surface area (Å²) in [7, 11) is 0. The van der Waals surface area contributed by atoms with Gasteiger partial charge in [-0.15, -0.1) is 0 Å². The molecule has 0 saturated carbocycles. The molecule has 0 spiro atoms. The van der Waals surface area contributed by atoms with Gasteiger partial charge in [0.15, 0.2) is 11.6 Å². The number of hydrogen-bond donors (Lipinski definition) is 1. The molecule has 0 aromatic carbocycles. The van der Waals surface area contributed by atoms with E-state index in [1.165, 1.54) is 0 Å². The second-order valence-electron chi connectivity index (χ2n) is 6.57. The van der Waals surface area contributed by atoms with E-state index in [-0.39, 0.29) is 0 Å². The molecule has 2 N–H and O–H groups in total. The Morgan fingerprint density at radius 2 is 1.42 bits per heavy atom. The Hall–Kier alpha value is -3.89. The van der Waals surface area contributed by atoms with Crippen molar-refractivity contribution >= 4 is 5.71 Å². The van der Waals surface area contributed by atoms with E-state index in [1.54, 1.807) is 34.2 Å². The minimum Gasteiger partial charge on any atom is -0.391 e. The fraction of sp³-hybridized carbons (Fsp3) is 0.190. The monoisotopic (exact) mass is 420 g/mol. The van der Waals surface area contributed by atoms with Gasteiger partial charge in [0.05, 0.1) is 12.3 Å². The fourth-order valence-corrected chi connectivity index (χ4v) is 2.42. The number of aromatic nitrogens is 6. The van der Waals surface area contributed by atoms with Crippen LogP contribution in [0.5, 0.6) is 0 Å². The smallest absolute Gasteiger partial charge is 0.153 e. The maximum atomic E-state index is 5.14. The lowest BCUT2D eigenvalue weighted by atomic mass is 10.3. The van der Waals surface area contributed by atoms with E-state index in [0.29, 0.717) is 13.2 Å². The van der Waals surface area contributed by atoms with E-state index >= 15 is 0 Å². The molecule has 4 aromatic rings. The molecule has 0 amide bonds. The molecule has 4 rings (SSSR count). The molecule has 0 atom stereocenters. The highest BCUT2D eigenvalue weighted by Crippen LogP contribution is 2.06. The van der Waals surface area contributed by atoms with Crippen LogP contribution in [0.25, 0.3) is 11.6 Å². The van der Waals surface area contributed by atoms with Crippen LogP contribution in [-0.2, 0) is 22.9 Å². The summed E-state index contributed by atoms with van der Waals surface area (Å²) in [5.41, 5.74) is 2.81. The highest BCUT2D eigenvalue weighted by molar-refractivity contribution is 5.78. The lowest BCUT2D eigenvalue weighted by molar-refractivity contribution is 0.124. The van der Waals surface area contributed by atoms with Crippen LogP contribution in [0.2, 0.25) is 0 Å². The summed E-state index contributed by atoms with van der Waals surface area (Å²) >= 11 is 0. The van der Waals surface area contributed by atoms with E-state index in [4.69, 9.17) is 10.7 Å². The first-order valence-electron chi connectivity index (χ1n) is 9.50. The van der Waals surface area contributed by atoms with Crippen LogP contribution in [0, 0.1) is 0 Å². The molecule has 4 heterocycles. The van der Waals surface area contributed by atoms with Crippen LogP contribution in [0.3, 0.4) is 0 Å². The number of pyridine rings is 2. The molecular formula is C21H24N8O2. The van der Waals surface area contributed by atoms with Crippen LogP contribution in [-0.4, -0.2) is 35.2 Å². The molecule has 160 valence electrons. The summed E-state index contributed by atoms with van der Waals surface area (Å²) in [4.78, 5) is 18.1. The van der Waals surface area contributed by atoms with Gasteiger partial charge in [0.25, 0.3) is 0 Å². The van der Waals surface area contributed by atoms with Gasteiger partial charge in [-0.1, -0.05) is 17.3 Å². The summed E-state index contributed by atoms with van der Waals surface area (Å²) in [5, 5.41) is 12.0. The zero-order valence-electron chi connectivity index (χ0n) is 17.4. The summed E-state index contributed by atoms with van der Waals surface area (Å²) < 4.78 is 3.39. The van der Waals surface area contributed by atoms with Gasteiger partial charge >= 0.3 is 0 Å². The molecule has 10 nitrogen and oxygen atoms in total. The minimum absolute atomic E-state index is 0.367. The SMILES string of the molecule is CC(C)=NOCc1ccc(-n2cccn2)nc1.NOCc1ccc(-n2cccn2)nc1. The number of oxime groups is 1. The van der Waals surface area contributed by atoms with Crippen LogP contribution in [0.1, 0.15) is 25.0 Å². The molecule has 0 aliphatic heterocycles. The first kappa shape index (κ1) is 21.8.